The molecule has 1 aromatic carbocycles. The van der Waals surface area contributed by atoms with Gasteiger partial charge in [0.25, 0.3) is 0 Å². The van der Waals surface area contributed by atoms with E-state index in [0.717, 1.165) is 0 Å². The molecular weight excluding hydrogens is 254 g/mol. The fourth-order valence-corrected chi connectivity index (χ4v) is 1.44. The molecule has 19 heavy (non-hydrogen) atoms. The standard InChI is InChI=1S/C13H14F2N2O2/c1-17(8-2-7-16)12(18)9-10-3-5-11(6-4-10)19-13(14)15/h3-6,13H,2,8-9H2,1H3. The van der Waals surface area contributed by atoms with Crippen LogP contribution in [0.5, 0.6) is 5.75 Å². The van der Waals surface area contributed by atoms with Crippen LogP contribution in [0, 0.1) is 11.3 Å². The lowest BCUT2D eigenvalue weighted by Crippen LogP contribution is -2.28. The van der Waals surface area contributed by atoms with Gasteiger partial charge in [0.2, 0.25) is 5.91 Å². The second-order valence-electron chi connectivity index (χ2n) is 3.92. The monoisotopic (exact) mass is 268 g/mol. The minimum atomic E-state index is -2.86. The van der Waals surface area contributed by atoms with Crippen LogP contribution in [-0.2, 0) is 11.2 Å². The molecule has 0 unspecified atom stereocenters. The van der Waals surface area contributed by atoms with Gasteiger partial charge in [-0.15, -0.1) is 0 Å². The van der Waals surface area contributed by atoms with Crippen molar-refractivity contribution >= 4 is 5.91 Å². The fourth-order valence-electron chi connectivity index (χ4n) is 1.44. The predicted molar refractivity (Wildman–Crippen MR) is 64.6 cm³/mol. The van der Waals surface area contributed by atoms with Crippen LogP contribution in [0.1, 0.15) is 12.0 Å². The van der Waals surface area contributed by atoms with Crippen LogP contribution in [0.4, 0.5) is 8.78 Å². The summed E-state index contributed by atoms with van der Waals surface area (Å²) in [4.78, 5) is 13.2. The molecule has 1 amide bonds. The molecule has 0 fully saturated rings. The zero-order valence-corrected chi connectivity index (χ0v) is 10.5. The van der Waals surface area contributed by atoms with Crippen LogP contribution in [0.2, 0.25) is 0 Å². The van der Waals surface area contributed by atoms with Gasteiger partial charge in [0.05, 0.1) is 18.9 Å². The molecule has 0 aromatic heterocycles. The zero-order chi connectivity index (χ0) is 14.3. The largest absolute Gasteiger partial charge is 0.435 e. The molecular formula is C13H14F2N2O2. The first kappa shape index (κ1) is 14.9. The predicted octanol–water partition coefficient (Wildman–Crippen LogP) is 2.20. The molecule has 0 heterocycles. The van der Waals surface area contributed by atoms with Crippen molar-refractivity contribution in [2.45, 2.75) is 19.5 Å². The number of carbonyl (C=O) groups excluding carboxylic acids is 1. The van der Waals surface area contributed by atoms with Crippen molar-refractivity contribution in [2.24, 2.45) is 0 Å². The Kier molecular flexibility index (Phi) is 5.73. The molecule has 0 bridgehead atoms. The highest BCUT2D eigenvalue weighted by Crippen LogP contribution is 2.15. The number of nitriles is 1. The maximum atomic E-state index is 11.9. The van der Waals surface area contributed by atoms with E-state index >= 15 is 0 Å². The van der Waals surface area contributed by atoms with Gasteiger partial charge in [0.1, 0.15) is 5.75 Å². The molecule has 0 aliphatic rings. The summed E-state index contributed by atoms with van der Waals surface area (Å²) in [5, 5.41) is 8.43. The number of rotatable bonds is 6. The van der Waals surface area contributed by atoms with Gasteiger partial charge in [-0.3, -0.25) is 4.79 Å². The second-order valence-corrected chi connectivity index (χ2v) is 3.92. The minimum Gasteiger partial charge on any atom is -0.435 e. The number of hydrogen-bond donors (Lipinski definition) is 0. The van der Waals surface area contributed by atoms with Gasteiger partial charge in [0, 0.05) is 13.6 Å². The van der Waals surface area contributed by atoms with Crippen molar-refractivity contribution in [3.63, 3.8) is 0 Å². The quantitative estimate of drug-likeness (QED) is 0.794. The van der Waals surface area contributed by atoms with Gasteiger partial charge < -0.3 is 9.64 Å². The van der Waals surface area contributed by atoms with E-state index in [-0.39, 0.29) is 24.5 Å². The SMILES string of the molecule is CN(CCC#N)C(=O)Cc1ccc(OC(F)F)cc1. The van der Waals surface area contributed by atoms with Crippen LogP contribution in [0.15, 0.2) is 24.3 Å². The number of alkyl halides is 2. The van der Waals surface area contributed by atoms with E-state index in [9.17, 15) is 13.6 Å². The van der Waals surface area contributed by atoms with E-state index in [2.05, 4.69) is 4.74 Å². The Balaban J connectivity index is 2.53. The van der Waals surface area contributed by atoms with Crippen LogP contribution in [-0.4, -0.2) is 31.0 Å². The lowest BCUT2D eigenvalue weighted by molar-refractivity contribution is -0.129. The van der Waals surface area contributed by atoms with E-state index in [0.29, 0.717) is 12.1 Å². The molecule has 0 spiro atoms. The molecule has 1 aromatic rings. The van der Waals surface area contributed by atoms with Gasteiger partial charge in [-0.1, -0.05) is 12.1 Å². The first-order valence-electron chi connectivity index (χ1n) is 5.67. The molecule has 0 saturated heterocycles. The maximum Gasteiger partial charge on any atom is 0.387 e. The zero-order valence-electron chi connectivity index (χ0n) is 10.5. The summed E-state index contributed by atoms with van der Waals surface area (Å²) in [7, 11) is 1.62. The second kappa shape index (κ2) is 7.31. The highest BCUT2D eigenvalue weighted by atomic mass is 19.3. The molecule has 0 N–H and O–H groups in total. The number of hydrogen-bond acceptors (Lipinski definition) is 3. The first-order chi connectivity index (χ1) is 9.02. The van der Waals surface area contributed by atoms with Crippen molar-refractivity contribution in [1.82, 2.24) is 4.90 Å². The van der Waals surface area contributed by atoms with Crippen molar-refractivity contribution in [1.29, 1.82) is 5.26 Å². The third-order valence-electron chi connectivity index (χ3n) is 2.49. The molecule has 0 aliphatic carbocycles. The normalized spacial score (nSPS) is 10.1. The van der Waals surface area contributed by atoms with Crippen LogP contribution in [0.25, 0.3) is 0 Å². The fraction of sp³-hybridized carbons (Fsp3) is 0.385. The third-order valence-corrected chi connectivity index (χ3v) is 2.49. The van der Waals surface area contributed by atoms with E-state index < -0.39 is 6.61 Å². The number of amides is 1. The Labute approximate surface area is 110 Å². The van der Waals surface area contributed by atoms with Crippen LogP contribution in [0.3, 0.4) is 0 Å². The minimum absolute atomic E-state index is 0.0593. The van der Waals surface area contributed by atoms with Gasteiger partial charge in [0.15, 0.2) is 0 Å². The topological polar surface area (TPSA) is 53.3 Å². The summed E-state index contributed by atoms with van der Waals surface area (Å²) in [5.41, 5.74) is 0.704. The van der Waals surface area contributed by atoms with Gasteiger partial charge in [-0.2, -0.15) is 14.0 Å². The van der Waals surface area contributed by atoms with E-state index in [1.165, 1.54) is 17.0 Å². The number of nitrogens with zero attached hydrogens (tertiary/aromatic N) is 2. The third kappa shape index (κ3) is 5.34. The smallest absolute Gasteiger partial charge is 0.387 e. The Morgan fingerprint density at radius 1 is 1.42 bits per heavy atom. The average molecular weight is 268 g/mol. The molecule has 6 heteroatoms. The summed E-state index contributed by atoms with van der Waals surface area (Å²) in [6, 6.07) is 7.87. The van der Waals surface area contributed by atoms with Crippen molar-refractivity contribution < 1.29 is 18.3 Å². The summed E-state index contributed by atoms with van der Waals surface area (Å²) in [6.45, 7) is -2.48. The molecule has 0 aliphatic heterocycles. The van der Waals surface area contributed by atoms with Crippen LogP contribution < -0.4 is 4.74 Å². The summed E-state index contributed by atoms with van der Waals surface area (Å²) in [5.74, 6) is -0.0678. The Morgan fingerprint density at radius 2 is 2.05 bits per heavy atom. The van der Waals surface area contributed by atoms with Gasteiger partial charge >= 0.3 is 6.61 Å². The highest BCUT2D eigenvalue weighted by Gasteiger charge is 2.10. The summed E-state index contributed by atoms with van der Waals surface area (Å²) in [6.07, 6.45) is 0.445. The van der Waals surface area contributed by atoms with Gasteiger partial charge in [-0.25, -0.2) is 0 Å². The number of ether oxygens (including phenoxy) is 1. The first-order valence-corrected chi connectivity index (χ1v) is 5.67. The highest BCUT2D eigenvalue weighted by molar-refractivity contribution is 5.78. The van der Waals surface area contributed by atoms with Crippen molar-refractivity contribution in [3.05, 3.63) is 29.8 Å². The lowest BCUT2D eigenvalue weighted by Gasteiger charge is -2.15. The lowest BCUT2D eigenvalue weighted by atomic mass is 10.1. The molecule has 0 atom stereocenters. The number of likely N-dealkylation sites (N-methyl/N-ethyl adjacent to an activating group) is 1. The van der Waals surface area contributed by atoms with E-state index in [4.69, 9.17) is 5.26 Å². The molecule has 102 valence electrons. The summed E-state index contributed by atoms with van der Waals surface area (Å²) >= 11 is 0. The molecule has 0 radical (unpaired) electrons. The number of halogens is 2. The number of carbonyl (C=O) groups is 1. The number of benzene rings is 1. The van der Waals surface area contributed by atoms with E-state index in [1.54, 1.807) is 19.2 Å². The molecule has 1 rings (SSSR count). The Bertz CT molecular complexity index is 455. The summed E-state index contributed by atoms with van der Waals surface area (Å²) < 4.78 is 28.1. The molecule has 0 saturated carbocycles. The van der Waals surface area contributed by atoms with Gasteiger partial charge in [-0.05, 0) is 17.7 Å². The molecule has 4 nitrogen and oxygen atoms in total. The van der Waals surface area contributed by atoms with Crippen molar-refractivity contribution in [3.8, 4) is 11.8 Å². The maximum absolute atomic E-state index is 11.9. The average Bonchev–Trinajstić information content (AvgIpc) is 2.37. The van der Waals surface area contributed by atoms with E-state index in [1.807, 2.05) is 6.07 Å². The Morgan fingerprint density at radius 3 is 2.58 bits per heavy atom. The van der Waals surface area contributed by atoms with Crippen molar-refractivity contribution in [2.75, 3.05) is 13.6 Å². The Hall–Kier alpha value is -2.16. The van der Waals surface area contributed by atoms with Crippen LogP contribution >= 0.6 is 0 Å².